The molecule has 0 N–H and O–H groups in total. The van der Waals surface area contributed by atoms with Crippen molar-refractivity contribution < 1.29 is 18.6 Å². The van der Waals surface area contributed by atoms with E-state index in [9.17, 15) is 0 Å². The van der Waals surface area contributed by atoms with Crippen molar-refractivity contribution in [1.82, 2.24) is 15.1 Å². The normalized spacial score (nSPS) is 18.0. The van der Waals surface area contributed by atoms with E-state index in [-0.39, 0.29) is 6.10 Å². The van der Waals surface area contributed by atoms with Gasteiger partial charge in [-0.15, -0.1) is 10.2 Å². The Morgan fingerprint density at radius 3 is 2.59 bits per heavy atom. The van der Waals surface area contributed by atoms with Crippen LogP contribution in [0.2, 0.25) is 0 Å². The zero-order valence-corrected chi connectivity index (χ0v) is 17.1. The molecule has 1 atom stereocenters. The molecular formula is C19H27N3O4S. The first kappa shape index (κ1) is 20.0. The second-order valence-electron chi connectivity index (χ2n) is 6.93. The average Bonchev–Trinajstić information content (AvgIpc) is 3.15. The Morgan fingerprint density at radius 1 is 1.19 bits per heavy atom. The van der Waals surface area contributed by atoms with Gasteiger partial charge in [0.2, 0.25) is 5.89 Å². The number of benzene rings is 1. The topological polar surface area (TPSA) is 69.9 Å². The Labute approximate surface area is 164 Å². The fraction of sp³-hybridized carbons (Fsp3) is 0.579. The zero-order chi connectivity index (χ0) is 19.2. The summed E-state index contributed by atoms with van der Waals surface area (Å²) < 4.78 is 22.3. The minimum absolute atomic E-state index is 0.176. The van der Waals surface area contributed by atoms with Crippen LogP contribution in [0.1, 0.15) is 13.8 Å². The van der Waals surface area contributed by atoms with Crippen molar-refractivity contribution in [2.45, 2.75) is 25.2 Å². The summed E-state index contributed by atoms with van der Waals surface area (Å²) in [4.78, 5) is 2.46. The molecule has 148 valence electrons. The van der Waals surface area contributed by atoms with Crippen molar-refractivity contribution in [3.05, 3.63) is 18.2 Å². The number of methoxy groups -OCH3 is 2. The van der Waals surface area contributed by atoms with Crippen LogP contribution in [0.25, 0.3) is 11.5 Å². The van der Waals surface area contributed by atoms with Crippen LogP contribution < -0.4 is 9.47 Å². The first-order valence-corrected chi connectivity index (χ1v) is 10.1. The molecule has 7 nitrogen and oxygen atoms in total. The number of hydrogen-bond donors (Lipinski definition) is 0. The third-order valence-corrected chi connectivity index (χ3v) is 5.19. The summed E-state index contributed by atoms with van der Waals surface area (Å²) in [5, 5.41) is 8.84. The number of hydrogen-bond acceptors (Lipinski definition) is 8. The number of thioether (sulfide) groups is 1. The van der Waals surface area contributed by atoms with Gasteiger partial charge >= 0.3 is 0 Å². The van der Waals surface area contributed by atoms with Crippen molar-refractivity contribution in [1.29, 1.82) is 0 Å². The summed E-state index contributed by atoms with van der Waals surface area (Å²) in [5.74, 6) is 3.25. The molecule has 0 bridgehead atoms. The Morgan fingerprint density at radius 2 is 1.93 bits per heavy atom. The second-order valence-corrected chi connectivity index (χ2v) is 7.90. The molecule has 1 fully saturated rings. The Hall–Kier alpha value is -1.77. The van der Waals surface area contributed by atoms with E-state index >= 15 is 0 Å². The molecule has 0 radical (unpaired) electrons. The van der Waals surface area contributed by atoms with Gasteiger partial charge in [-0.1, -0.05) is 25.6 Å². The molecular weight excluding hydrogens is 366 g/mol. The molecule has 1 saturated heterocycles. The fourth-order valence-corrected chi connectivity index (χ4v) is 3.81. The predicted octanol–water partition coefficient (Wildman–Crippen LogP) is 3.20. The molecule has 0 spiro atoms. The molecule has 0 unspecified atom stereocenters. The maximum atomic E-state index is 5.88. The molecule has 3 rings (SSSR count). The van der Waals surface area contributed by atoms with E-state index in [2.05, 4.69) is 28.9 Å². The number of rotatable bonds is 8. The van der Waals surface area contributed by atoms with Gasteiger partial charge < -0.3 is 18.6 Å². The lowest BCUT2D eigenvalue weighted by Crippen LogP contribution is -2.44. The van der Waals surface area contributed by atoms with Crippen molar-refractivity contribution in [3.63, 3.8) is 0 Å². The Kier molecular flexibility index (Phi) is 6.98. The van der Waals surface area contributed by atoms with Crippen molar-refractivity contribution in [3.8, 4) is 23.0 Å². The SMILES string of the molecule is COc1cc(OC)cc(-c2nnc(SC[C@H]3CN(CC(C)C)CCO3)o2)c1. The third kappa shape index (κ3) is 5.60. The van der Waals surface area contributed by atoms with Gasteiger partial charge in [-0.25, -0.2) is 0 Å². The highest BCUT2D eigenvalue weighted by molar-refractivity contribution is 7.99. The van der Waals surface area contributed by atoms with Gasteiger partial charge in [0, 0.05) is 37.0 Å². The maximum Gasteiger partial charge on any atom is 0.276 e. The Bertz CT molecular complexity index is 715. The summed E-state index contributed by atoms with van der Waals surface area (Å²) in [6.07, 6.45) is 0.176. The van der Waals surface area contributed by atoms with Crippen LogP contribution in [0.3, 0.4) is 0 Å². The van der Waals surface area contributed by atoms with Gasteiger partial charge in [0.25, 0.3) is 5.22 Å². The number of morpholine rings is 1. The van der Waals surface area contributed by atoms with E-state index in [1.807, 2.05) is 12.1 Å². The van der Waals surface area contributed by atoms with Crippen LogP contribution >= 0.6 is 11.8 Å². The molecule has 1 aliphatic rings. The van der Waals surface area contributed by atoms with E-state index in [0.29, 0.717) is 28.5 Å². The van der Waals surface area contributed by atoms with Crippen molar-refractivity contribution in [2.75, 3.05) is 46.2 Å². The zero-order valence-electron chi connectivity index (χ0n) is 16.3. The molecule has 8 heteroatoms. The molecule has 0 saturated carbocycles. The van der Waals surface area contributed by atoms with E-state index in [0.717, 1.165) is 37.6 Å². The van der Waals surface area contributed by atoms with E-state index in [4.69, 9.17) is 18.6 Å². The van der Waals surface area contributed by atoms with E-state index in [1.165, 1.54) is 11.8 Å². The first-order chi connectivity index (χ1) is 13.1. The summed E-state index contributed by atoms with van der Waals surface area (Å²) in [6.45, 7) is 8.31. The van der Waals surface area contributed by atoms with Crippen LogP contribution in [0.4, 0.5) is 0 Å². The summed E-state index contributed by atoms with van der Waals surface area (Å²) >= 11 is 1.53. The molecule has 1 aliphatic heterocycles. The van der Waals surface area contributed by atoms with Gasteiger partial charge in [0.05, 0.1) is 26.9 Å². The lowest BCUT2D eigenvalue weighted by atomic mass is 10.2. The second kappa shape index (κ2) is 9.43. The lowest BCUT2D eigenvalue weighted by Gasteiger charge is -2.33. The maximum absolute atomic E-state index is 5.88. The highest BCUT2D eigenvalue weighted by Gasteiger charge is 2.22. The van der Waals surface area contributed by atoms with Crippen molar-refractivity contribution in [2.24, 2.45) is 5.92 Å². The number of nitrogens with zero attached hydrogens (tertiary/aromatic N) is 3. The minimum Gasteiger partial charge on any atom is -0.497 e. The van der Waals surface area contributed by atoms with Crippen LogP contribution in [-0.2, 0) is 4.74 Å². The molecule has 27 heavy (non-hydrogen) atoms. The van der Waals surface area contributed by atoms with Crippen LogP contribution in [-0.4, -0.2) is 67.4 Å². The van der Waals surface area contributed by atoms with Gasteiger partial charge in [0.1, 0.15) is 11.5 Å². The van der Waals surface area contributed by atoms with E-state index < -0.39 is 0 Å². The first-order valence-electron chi connectivity index (χ1n) is 9.11. The monoisotopic (exact) mass is 393 g/mol. The van der Waals surface area contributed by atoms with Crippen LogP contribution in [0.5, 0.6) is 11.5 Å². The minimum atomic E-state index is 0.176. The highest BCUT2D eigenvalue weighted by Crippen LogP contribution is 2.30. The van der Waals surface area contributed by atoms with Gasteiger partial charge in [-0.3, -0.25) is 4.90 Å². The standard InChI is InChI=1S/C19H27N3O4S/c1-13(2)10-22-5-6-25-17(11-22)12-27-19-21-20-18(26-19)14-7-15(23-3)9-16(8-14)24-4/h7-9,13,17H,5-6,10-12H2,1-4H3/t17-/m1/s1. The van der Waals surface area contributed by atoms with Crippen molar-refractivity contribution >= 4 is 11.8 Å². The van der Waals surface area contributed by atoms with Gasteiger partial charge in [0.15, 0.2) is 0 Å². The third-order valence-electron chi connectivity index (χ3n) is 4.24. The summed E-state index contributed by atoms with van der Waals surface area (Å²) in [7, 11) is 3.22. The lowest BCUT2D eigenvalue weighted by molar-refractivity contribution is -0.0192. The highest BCUT2D eigenvalue weighted by atomic mass is 32.2. The number of ether oxygens (including phenoxy) is 3. The summed E-state index contributed by atoms with van der Waals surface area (Å²) in [6, 6.07) is 5.50. The molecule has 0 aliphatic carbocycles. The summed E-state index contributed by atoms with van der Waals surface area (Å²) in [5.41, 5.74) is 0.766. The Balaban J connectivity index is 1.60. The quantitative estimate of drug-likeness (QED) is 0.633. The molecule has 2 aromatic rings. The fourth-order valence-electron chi connectivity index (χ4n) is 3.04. The number of aromatic nitrogens is 2. The van der Waals surface area contributed by atoms with E-state index in [1.54, 1.807) is 20.3 Å². The van der Waals surface area contributed by atoms with Gasteiger partial charge in [-0.2, -0.15) is 0 Å². The molecule has 1 aromatic heterocycles. The van der Waals surface area contributed by atoms with Crippen LogP contribution in [0, 0.1) is 5.92 Å². The largest absolute Gasteiger partial charge is 0.497 e. The molecule has 2 heterocycles. The molecule has 0 amide bonds. The van der Waals surface area contributed by atoms with Gasteiger partial charge in [-0.05, 0) is 18.1 Å². The average molecular weight is 394 g/mol. The van der Waals surface area contributed by atoms with Crippen LogP contribution in [0.15, 0.2) is 27.8 Å². The predicted molar refractivity (Wildman–Crippen MR) is 105 cm³/mol. The molecule has 1 aromatic carbocycles. The smallest absolute Gasteiger partial charge is 0.276 e.